The molecule has 33 heavy (non-hydrogen) atoms. The first kappa shape index (κ1) is 23.1. The number of aliphatic imine (C=N–C) groups is 1. The van der Waals surface area contributed by atoms with E-state index in [0.717, 1.165) is 55.6 Å². The van der Waals surface area contributed by atoms with Crippen LogP contribution in [0.5, 0.6) is 5.75 Å². The van der Waals surface area contributed by atoms with Crippen molar-refractivity contribution in [1.82, 2.24) is 4.72 Å². The number of anilines is 2. The van der Waals surface area contributed by atoms with Gasteiger partial charge >= 0.3 is 0 Å². The van der Waals surface area contributed by atoms with Gasteiger partial charge in [0, 0.05) is 25.2 Å². The van der Waals surface area contributed by atoms with Gasteiger partial charge in [0.05, 0.1) is 24.2 Å². The zero-order valence-corrected chi connectivity index (χ0v) is 19.7. The van der Waals surface area contributed by atoms with E-state index in [9.17, 15) is 13.2 Å². The lowest BCUT2D eigenvalue weighted by molar-refractivity contribution is -0.115. The van der Waals surface area contributed by atoms with Crippen LogP contribution in [0.4, 0.5) is 11.4 Å². The molecular formula is C24H30N4O4S. The van der Waals surface area contributed by atoms with E-state index in [-0.39, 0.29) is 17.3 Å². The largest absolute Gasteiger partial charge is 0.495 e. The number of amidine groups is 1. The third-order valence-corrected chi connectivity index (χ3v) is 7.26. The van der Waals surface area contributed by atoms with Crippen LogP contribution >= 0.6 is 0 Å². The van der Waals surface area contributed by atoms with E-state index in [2.05, 4.69) is 21.1 Å². The summed E-state index contributed by atoms with van der Waals surface area (Å²) in [6, 6.07) is 12.2. The molecule has 2 heterocycles. The van der Waals surface area contributed by atoms with Gasteiger partial charge in [0.15, 0.2) is 0 Å². The number of sulfonamides is 1. The van der Waals surface area contributed by atoms with Crippen LogP contribution in [-0.4, -0.2) is 46.9 Å². The molecule has 0 bridgehead atoms. The summed E-state index contributed by atoms with van der Waals surface area (Å²) in [5, 5.41) is 2.84. The van der Waals surface area contributed by atoms with E-state index in [1.807, 2.05) is 17.0 Å². The summed E-state index contributed by atoms with van der Waals surface area (Å²) in [6.07, 6.45) is 5.46. The molecule has 0 aliphatic carbocycles. The van der Waals surface area contributed by atoms with Crippen molar-refractivity contribution >= 4 is 33.1 Å². The smallest absolute Gasteiger partial charge is 0.262 e. The van der Waals surface area contributed by atoms with Crippen molar-refractivity contribution in [3.05, 3.63) is 48.0 Å². The second-order valence-corrected chi connectivity index (χ2v) is 10.00. The summed E-state index contributed by atoms with van der Waals surface area (Å²) >= 11 is 0. The molecule has 2 aliphatic heterocycles. The number of rotatable bonds is 6. The second kappa shape index (κ2) is 10.2. The Morgan fingerprint density at radius 3 is 2.79 bits per heavy atom. The molecule has 4 rings (SSSR count). The molecule has 2 N–H and O–H groups in total. The van der Waals surface area contributed by atoms with Crippen LogP contribution in [-0.2, 0) is 21.2 Å². The number of fused-ring (bicyclic) bond motifs is 1. The number of hydrogen-bond donors (Lipinski definition) is 2. The van der Waals surface area contributed by atoms with Crippen molar-refractivity contribution in [3.63, 3.8) is 0 Å². The van der Waals surface area contributed by atoms with Crippen LogP contribution in [0, 0.1) is 0 Å². The van der Waals surface area contributed by atoms with E-state index in [0.29, 0.717) is 24.5 Å². The Labute approximate surface area is 195 Å². The molecule has 176 valence electrons. The average molecular weight is 471 g/mol. The fourth-order valence-electron chi connectivity index (χ4n) is 4.31. The SMILES string of the molecule is COc1cccc2c1N(CC(=O)Nc1cccc(S(=O)(=O)NC3=NCCCCC3)c1)CCC2. The molecule has 0 unspecified atom stereocenters. The number of para-hydroxylation sites is 1. The fraction of sp³-hybridized carbons (Fsp3) is 0.417. The molecule has 2 aromatic rings. The van der Waals surface area contributed by atoms with Gasteiger partial charge in [-0.15, -0.1) is 0 Å². The van der Waals surface area contributed by atoms with Gasteiger partial charge in [-0.05, 0) is 55.5 Å². The van der Waals surface area contributed by atoms with Gasteiger partial charge in [-0.2, -0.15) is 0 Å². The Hall–Kier alpha value is -3.07. The van der Waals surface area contributed by atoms with Gasteiger partial charge < -0.3 is 15.0 Å². The highest BCUT2D eigenvalue weighted by Gasteiger charge is 2.23. The van der Waals surface area contributed by atoms with Crippen molar-refractivity contribution in [2.75, 3.05) is 37.0 Å². The van der Waals surface area contributed by atoms with Crippen molar-refractivity contribution in [1.29, 1.82) is 0 Å². The first-order valence-electron chi connectivity index (χ1n) is 11.3. The van der Waals surface area contributed by atoms with Crippen molar-refractivity contribution < 1.29 is 17.9 Å². The summed E-state index contributed by atoms with van der Waals surface area (Å²) in [5.41, 5.74) is 2.54. The van der Waals surface area contributed by atoms with Crippen LogP contribution in [0.3, 0.4) is 0 Å². The number of ether oxygens (including phenoxy) is 1. The normalized spacial score (nSPS) is 16.3. The molecule has 0 spiro atoms. The fourth-order valence-corrected chi connectivity index (χ4v) is 5.44. The van der Waals surface area contributed by atoms with Gasteiger partial charge in [-0.25, -0.2) is 8.42 Å². The summed E-state index contributed by atoms with van der Waals surface area (Å²) in [7, 11) is -2.14. The van der Waals surface area contributed by atoms with Crippen molar-refractivity contribution in [2.45, 2.75) is 43.4 Å². The molecule has 0 saturated carbocycles. The quantitative estimate of drug-likeness (QED) is 0.675. The number of carbonyl (C=O) groups excluding carboxylic acids is 1. The Bertz CT molecular complexity index is 1130. The number of benzene rings is 2. The standard InChI is InChI=1S/C24H30N4O4S/c1-32-21-12-5-8-18-9-7-15-28(24(18)21)17-23(29)26-19-10-6-11-20(16-19)33(30,31)27-22-13-3-2-4-14-25-22/h5-6,8,10-12,16H,2-4,7,9,13-15,17H2,1H3,(H,25,27)(H,26,29). The minimum atomic E-state index is -3.77. The molecule has 8 nitrogen and oxygen atoms in total. The van der Waals surface area contributed by atoms with E-state index in [4.69, 9.17) is 4.74 Å². The summed E-state index contributed by atoms with van der Waals surface area (Å²) in [5.74, 6) is 1.03. The van der Waals surface area contributed by atoms with Crippen molar-refractivity contribution in [3.8, 4) is 5.75 Å². The zero-order chi connectivity index (χ0) is 23.3. The molecule has 1 amide bonds. The van der Waals surface area contributed by atoms with Gasteiger partial charge in [0.2, 0.25) is 5.91 Å². The van der Waals surface area contributed by atoms with E-state index in [1.54, 1.807) is 19.2 Å². The number of amides is 1. The maximum absolute atomic E-state index is 12.8. The van der Waals surface area contributed by atoms with Crippen LogP contribution in [0.1, 0.15) is 37.7 Å². The van der Waals surface area contributed by atoms with E-state index < -0.39 is 10.0 Å². The first-order valence-corrected chi connectivity index (χ1v) is 12.8. The van der Waals surface area contributed by atoms with Crippen LogP contribution in [0.15, 0.2) is 52.4 Å². The Morgan fingerprint density at radius 1 is 1.09 bits per heavy atom. The highest BCUT2D eigenvalue weighted by atomic mass is 32.2. The minimum absolute atomic E-state index is 0.0947. The zero-order valence-electron chi connectivity index (χ0n) is 18.8. The summed E-state index contributed by atoms with van der Waals surface area (Å²) in [4.78, 5) is 19.3. The third-order valence-electron chi connectivity index (χ3n) is 5.88. The van der Waals surface area contributed by atoms with Gasteiger partial charge in [-0.1, -0.05) is 24.6 Å². The lowest BCUT2D eigenvalue weighted by atomic mass is 10.0. The van der Waals surface area contributed by atoms with Crippen LogP contribution < -0.4 is 19.7 Å². The maximum atomic E-state index is 12.8. The second-order valence-electron chi connectivity index (χ2n) is 8.31. The molecule has 9 heteroatoms. The highest BCUT2D eigenvalue weighted by Crippen LogP contribution is 2.35. The third kappa shape index (κ3) is 5.65. The molecule has 0 aromatic heterocycles. The molecule has 2 aromatic carbocycles. The molecular weight excluding hydrogens is 440 g/mol. The topological polar surface area (TPSA) is 100 Å². The maximum Gasteiger partial charge on any atom is 0.262 e. The molecule has 0 fully saturated rings. The predicted molar refractivity (Wildman–Crippen MR) is 130 cm³/mol. The van der Waals surface area contributed by atoms with E-state index >= 15 is 0 Å². The summed E-state index contributed by atoms with van der Waals surface area (Å²) < 4.78 is 33.8. The predicted octanol–water partition coefficient (Wildman–Crippen LogP) is 3.34. The van der Waals surface area contributed by atoms with Crippen molar-refractivity contribution in [2.24, 2.45) is 4.99 Å². The minimum Gasteiger partial charge on any atom is -0.495 e. The number of aryl methyl sites for hydroxylation is 1. The van der Waals surface area contributed by atoms with Gasteiger partial charge in [0.1, 0.15) is 11.6 Å². The highest BCUT2D eigenvalue weighted by molar-refractivity contribution is 7.90. The van der Waals surface area contributed by atoms with Gasteiger partial charge in [-0.3, -0.25) is 14.5 Å². The Kier molecular flexibility index (Phi) is 7.17. The Morgan fingerprint density at radius 2 is 1.94 bits per heavy atom. The van der Waals surface area contributed by atoms with Crippen LogP contribution in [0.2, 0.25) is 0 Å². The number of carbonyl (C=O) groups is 1. The summed E-state index contributed by atoms with van der Waals surface area (Å²) in [6.45, 7) is 1.54. The molecule has 0 radical (unpaired) electrons. The Balaban J connectivity index is 1.45. The van der Waals surface area contributed by atoms with Gasteiger partial charge in [0.25, 0.3) is 10.0 Å². The average Bonchev–Trinajstić information content (AvgIpc) is 3.07. The number of nitrogens with one attached hydrogen (secondary N) is 2. The monoisotopic (exact) mass is 470 g/mol. The molecule has 0 atom stereocenters. The number of nitrogens with zero attached hydrogens (tertiary/aromatic N) is 2. The number of hydrogen-bond acceptors (Lipinski definition) is 6. The lowest BCUT2D eigenvalue weighted by Crippen LogP contribution is -2.37. The number of methoxy groups -OCH3 is 1. The first-order chi connectivity index (χ1) is 16.0. The molecule has 2 aliphatic rings. The van der Waals surface area contributed by atoms with E-state index in [1.165, 1.54) is 12.1 Å². The van der Waals surface area contributed by atoms with Crippen LogP contribution in [0.25, 0.3) is 0 Å². The lowest BCUT2D eigenvalue weighted by Gasteiger charge is -2.32. The molecule has 0 saturated heterocycles.